The molecule has 98 valence electrons. The van der Waals surface area contributed by atoms with Crippen molar-refractivity contribution in [2.24, 2.45) is 0 Å². The highest BCUT2D eigenvalue weighted by molar-refractivity contribution is 7.92. The third-order valence-electron chi connectivity index (χ3n) is 2.36. The van der Waals surface area contributed by atoms with Crippen molar-refractivity contribution in [2.45, 2.75) is 19.8 Å². The molecule has 0 bridgehead atoms. The van der Waals surface area contributed by atoms with Crippen molar-refractivity contribution in [1.82, 2.24) is 4.98 Å². The first-order valence-electron chi connectivity index (χ1n) is 5.57. The number of unbranched alkanes of at least 4 members (excludes halogenated alkanes) is 1. The molecular formula is C11H13ClN2O2S2. The number of fused-ring (bicyclic) bond motifs is 1. The lowest BCUT2D eigenvalue weighted by atomic mass is 10.3. The van der Waals surface area contributed by atoms with Crippen molar-refractivity contribution in [2.75, 3.05) is 10.5 Å². The maximum atomic E-state index is 11.7. The van der Waals surface area contributed by atoms with E-state index in [1.165, 1.54) is 11.3 Å². The molecule has 1 N–H and O–H groups in total. The second kappa shape index (κ2) is 5.42. The van der Waals surface area contributed by atoms with Crippen LogP contribution in [0.1, 0.15) is 19.8 Å². The van der Waals surface area contributed by atoms with Gasteiger partial charge in [0, 0.05) is 5.02 Å². The van der Waals surface area contributed by atoms with Gasteiger partial charge < -0.3 is 0 Å². The van der Waals surface area contributed by atoms with Gasteiger partial charge in [0.05, 0.1) is 16.0 Å². The minimum atomic E-state index is -3.29. The molecule has 1 heterocycles. The number of nitrogens with one attached hydrogen (secondary N) is 1. The standard InChI is InChI=1S/C11H13ClN2O2S2/c1-2-3-6-18(15,16)14-11-13-9-5-4-8(12)7-10(9)17-11/h4-5,7H,2-3,6H2,1H3,(H,13,14). The van der Waals surface area contributed by atoms with E-state index >= 15 is 0 Å². The predicted molar refractivity (Wildman–Crippen MR) is 76.9 cm³/mol. The van der Waals surface area contributed by atoms with Gasteiger partial charge in [0.1, 0.15) is 0 Å². The Bertz CT molecular complexity index is 652. The van der Waals surface area contributed by atoms with Crippen LogP contribution >= 0.6 is 22.9 Å². The lowest BCUT2D eigenvalue weighted by molar-refractivity contribution is 0.598. The topological polar surface area (TPSA) is 59.1 Å². The highest BCUT2D eigenvalue weighted by atomic mass is 35.5. The van der Waals surface area contributed by atoms with Crippen molar-refractivity contribution in [3.8, 4) is 0 Å². The number of hydrogen-bond donors (Lipinski definition) is 1. The first kappa shape index (κ1) is 13.6. The summed E-state index contributed by atoms with van der Waals surface area (Å²) in [5.41, 5.74) is 0.748. The number of benzene rings is 1. The summed E-state index contributed by atoms with van der Waals surface area (Å²) in [6.45, 7) is 1.95. The van der Waals surface area contributed by atoms with Crippen LogP contribution in [0, 0.1) is 0 Å². The van der Waals surface area contributed by atoms with E-state index in [2.05, 4.69) is 9.71 Å². The van der Waals surface area contributed by atoms with Crippen molar-refractivity contribution < 1.29 is 8.42 Å². The zero-order valence-corrected chi connectivity index (χ0v) is 12.2. The SMILES string of the molecule is CCCCS(=O)(=O)Nc1nc2ccc(Cl)cc2s1. The van der Waals surface area contributed by atoms with Crippen molar-refractivity contribution in [3.63, 3.8) is 0 Å². The van der Waals surface area contributed by atoms with Gasteiger partial charge in [0.25, 0.3) is 0 Å². The van der Waals surface area contributed by atoms with Gasteiger partial charge in [-0.3, -0.25) is 4.72 Å². The Balaban J connectivity index is 2.22. The Morgan fingerprint density at radius 1 is 1.44 bits per heavy atom. The molecule has 4 nitrogen and oxygen atoms in total. The first-order valence-corrected chi connectivity index (χ1v) is 8.41. The summed E-state index contributed by atoms with van der Waals surface area (Å²) in [5.74, 6) is 0.125. The smallest absolute Gasteiger partial charge is 0.234 e. The highest BCUT2D eigenvalue weighted by Crippen LogP contribution is 2.28. The summed E-state index contributed by atoms with van der Waals surface area (Å²) in [5, 5.41) is 1.01. The molecule has 0 atom stereocenters. The third kappa shape index (κ3) is 3.34. The van der Waals surface area contributed by atoms with Gasteiger partial charge in [-0.15, -0.1) is 0 Å². The molecule has 0 unspecified atom stereocenters. The Kier molecular flexibility index (Phi) is 4.09. The summed E-state index contributed by atoms with van der Waals surface area (Å²) >= 11 is 7.16. The minimum Gasteiger partial charge on any atom is -0.259 e. The van der Waals surface area contributed by atoms with Gasteiger partial charge in [0.15, 0.2) is 5.13 Å². The van der Waals surface area contributed by atoms with Gasteiger partial charge in [-0.25, -0.2) is 13.4 Å². The van der Waals surface area contributed by atoms with Crippen LogP contribution in [0.5, 0.6) is 0 Å². The average Bonchev–Trinajstić information content (AvgIpc) is 2.66. The second-order valence-electron chi connectivity index (χ2n) is 3.91. The molecule has 1 aromatic heterocycles. The molecule has 18 heavy (non-hydrogen) atoms. The number of hydrogen-bond acceptors (Lipinski definition) is 4. The lowest BCUT2D eigenvalue weighted by Crippen LogP contribution is -2.16. The molecule has 7 heteroatoms. The maximum Gasteiger partial charge on any atom is 0.234 e. The summed E-state index contributed by atoms with van der Waals surface area (Å²) in [4.78, 5) is 4.22. The molecule has 0 fully saturated rings. The van der Waals surface area contributed by atoms with E-state index < -0.39 is 10.0 Å². The number of sulfonamides is 1. The van der Waals surface area contributed by atoms with Gasteiger partial charge >= 0.3 is 0 Å². The van der Waals surface area contributed by atoms with Crippen LogP contribution in [0.25, 0.3) is 10.2 Å². The Labute approximate surface area is 115 Å². The van der Waals surface area contributed by atoms with Crippen LogP contribution in [0.2, 0.25) is 5.02 Å². The number of aromatic nitrogens is 1. The third-order valence-corrected chi connectivity index (χ3v) is 4.99. The zero-order valence-electron chi connectivity index (χ0n) is 9.81. The van der Waals surface area contributed by atoms with E-state index in [4.69, 9.17) is 11.6 Å². The second-order valence-corrected chi connectivity index (χ2v) is 7.21. The van der Waals surface area contributed by atoms with Gasteiger partial charge in [-0.1, -0.05) is 36.3 Å². The van der Waals surface area contributed by atoms with Crippen LogP contribution in [0.3, 0.4) is 0 Å². The molecule has 0 radical (unpaired) electrons. The summed E-state index contributed by atoms with van der Waals surface area (Å²) in [6, 6.07) is 5.29. The largest absolute Gasteiger partial charge is 0.259 e. The van der Waals surface area contributed by atoms with Gasteiger partial charge in [0.2, 0.25) is 10.0 Å². The molecule has 2 rings (SSSR count). The molecule has 0 aliphatic rings. The van der Waals surface area contributed by atoms with Crippen LogP contribution in [0.15, 0.2) is 18.2 Å². The van der Waals surface area contributed by atoms with Crippen LogP contribution in [0.4, 0.5) is 5.13 Å². The fourth-order valence-electron chi connectivity index (χ4n) is 1.46. The van der Waals surface area contributed by atoms with E-state index in [-0.39, 0.29) is 5.75 Å². The van der Waals surface area contributed by atoms with Crippen LogP contribution < -0.4 is 4.72 Å². The monoisotopic (exact) mass is 304 g/mol. The van der Waals surface area contributed by atoms with E-state index in [0.29, 0.717) is 16.6 Å². The number of anilines is 1. The van der Waals surface area contributed by atoms with E-state index in [9.17, 15) is 8.42 Å². The zero-order chi connectivity index (χ0) is 13.2. The van der Waals surface area contributed by atoms with E-state index in [1.54, 1.807) is 18.2 Å². The molecule has 0 spiro atoms. The quantitative estimate of drug-likeness (QED) is 0.920. The number of thiazole rings is 1. The fraction of sp³-hybridized carbons (Fsp3) is 0.364. The summed E-state index contributed by atoms with van der Waals surface area (Å²) in [7, 11) is -3.29. The molecule has 0 amide bonds. The van der Waals surface area contributed by atoms with Crippen molar-refractivity contribution >= 4 is 48.3 Å². The maximum absolute atomic E-state index is 11.7. The Morgan fingerprint density at radius 2 is 2.22 bits per heavy atom. The molecule has 1 aromatic carbocycles. The predicted octanol–water partition coefficient (Wildman–Crippen LogP) is 3.49. The highest BCUT2D eigenvalue weighted by Gasteiger charge is 2.13. The Morgan fingerprint density at radius 3 is 2.94 bits per heavy atom. The molecule has 0 saturated carbocycles. The molecular weight excluding hydrogens is 292 g/mol. The number of nitrogens with zero attached hydrogens (tertiary/aromatic N) is 1. The van der Waals surface area contributed by atoms with Crippen LogP contribution in [-0.4, -0.2) is 19.2 Å². The molecule has 2 aromatic rings. The van der Waals surface area contributed by atoms with Crippen molar-refractivity contribution in [3.05, 3.63) is 23.2 Å². The lowest BCUT2D eigenvalue weighted by Gasteiger charge is -2.02. The average molecular weight is 305 g/mol. The molecule has 0 aliphatic carbocycles. The normalized spacial score (nSPS) is 11.9. The van der Waals surface area contributed by atoms with Gasteiger partial charge in [-0.05, 0) is 24.6 Å². The van der Waals surface area contributed by atoms with E-state index in [0.717, 1.165) is 16.6 Å². The minimum absolute atomic E-state index is 0.125. The fourth-order valence-corrected chi connectivity index (χ4v) is 4.08. The molecule has 0 saturated heterocycles. The van der Waals surface area contributed by atoms with Crippen LogP contribution in [-0.2, 0) is 10.0 Å². The van der Waals surface area contributed by atoms with E-state index in [1.807, 2.05) is 6.92 Å². The Hall–Kier alpha value is -0.850. The summed E-state index contributed by atoms with van der Waals surface area (Å²) < 4.78 is 26.8. The number of rotatable bonds is 5. The molecule has 0 aliphatic heterocycles. The first-order chi connectivity index (χ1) is 8.50. The van der Waals surface area contributed by atoms with Gasteiger partial charge in [-0.2, -0.15) is 0 Å². The number of halogens is 1. The summed E-state index contributed by atoms with van der Waals surface area (Å²) in [6.07, 6.45) is 1.49. The van der Waals surface area contributed by atoms with Crippen molar-refractivity contribution in [1.29, 1.82) is 0 Å².